The Hall–Kier alpha value is -3.71. The number of pyridine rings is 1. The minimum absolute atomic E-state index is 0.00163. The van der Waals surface area contributed by atoms with E-state index >= 15 is 0 Å². The number of nitrogens with one attached hydrogen (secondary N) is 1. The summed E-state index contributed by atoms with van der Waals surface area (Å²) in [6.45, 7) is 0.339. The number of nitrogens with zero attached hydrogens (tertiary/aromatic N) is 4. The third kappa shape index (κ3) is 3.64. The fraction of sp³-hybridized carbons (Fsp3) is 0.130. The van der Waals surface area contributed by atoms with Crippen molar-refractivity contribution >= 4 is 46.1 Å². The van der Waals surface area contributed by atoms with Gasteiger partial charge < -0.3 is 5.32 Å². The number of aromatic nitrogens is 3. The zero-order valence-electron chi connectivity index (χ0n) is 16.4. The van der Waals surface area contributed by atoms with Crippen LogP contribution >= 0.6 is 11.6 Å². The fourth-order valence-corrected chi connectivity index (χ4v) is 3.97. The Morgan fingerprint density at radius 1 is 1.06 bits per heavy atom. The number of halogens is 1. The van der Waals surface area contributed by atoms with Crippen molar-refractivity contribution in [2.75, 3.05) is 10.2 Å². The Bertz CT molecular complexity index is 1270. The highest BCUT2D eigenvalue weighted by atomic mass is 35.5. The molecule has 31 heavy (non-hydrogen) atoms. The van der Waals surface area contributed by atoms with Gasteiger partial charge in [0.25, 0.3) is 5.91 Å². The molecule has 7 nitrogen and oxygen atoms in total. The second kappa shape index (κ2) is 7.85. The standard InChI is InChI=1S/C23H18ClN5O2/c24-16-7-9-17(10-8-16)26-21(30)12-20-22(31)28(14-15-4-3-11-25-13-15)23-27-18-5-1-2-6-19(18)29(20)23/h1-11,13,20H,12,14H2,(H,26,30)/t20-/m0/s1. The summed E-state index contributed by atoms with van der Waals surface area (Å²) in [5, 5.41) is 3.43. The monoisotopic (exact) mass is 431 g/mol. The van der Waals surface area contributed by atoms with Crippen molar-refractivity contribution in [3.05, 3.63) is 83.6 Å². The number of fused-ring (bicyclic) bond motifs is 3. The lowest BCUT2D eigenvalue weighted by Gasteiger charge is -2.16. The van der Waals surface area contributed by atoms with E-state index in [1.165, 1.54) is 0 Å². The Morgan fingerprint density at radius 2 is 1.87 bits per heavy atom. The number of hydrogen-bond donors (Lipinski definition) is 1. The fourth-order valence-electron chi connectivity index (χ4n) is 3.84. The summed E-state index contributed by atoms with van der Waals surface area (Å²) in [4.78, 5) is 36.6. The molecule has 0 aliphatic carbocycles. The van der Waals surface area contributed by atoms with Crippen molar-refractivity contribution in [2.45, 2.75) is 19.0 Å². The minimum atomic E-state index is -0.675. The number of anilines is 2. The first-order valence-corrected chi connectivity index (χ1v) is 10.2. The van der Waals surface area contributed by atoms with Crippen LogP contribution in [0.3, 0.4) is 0 Å². The molecule has 2 aromatic heterocycles. The van der Waals surface area contributed by atoms with E-state index < -0.39 is 6.04 Å². The molecular weight excluding hydrogens is 414 g/mol. The molecule has 0 radical (unpaired) electrons. The van der Waals surface area contributed by atoms with E-state index in [0.717, 1.165) is 16.6 Å². The second-order valence-corrected chi connectivity index (χ2v) is 7.77. The minimum Gasteiger partial charge on any atom is -0.326 e. The number of para-hydroxylation sites is 2. The molecule has 1 aliphatic heterocycles. The summed E-state index contributed by atoms with van der Waals surface area (Å²) < 4.78 is 1.86. The number of benzene rings is 2. The lowest BCUT2D eigenvalue weighted by molar-refractivity contribution is -0.124. The number of carbonyl (C=O) groups is 2. The maximum absolute atomic E-state index is 13.4. The zero-order valence-corrected chi connectivity index (χ0v) is 17.2. The molecule has 0 unspecified atom stereocenters. The predicted octanol–water partition coefficient (Wildman–Crippen LogP) is 4.20. The normalized spacial score (nSPS) is 15.3. The molecule has 1 aliphatic rings. The lowest BCUT2D eigenvalue weighted by atomic mass is 10.1. The highest BCUT2D eigenvalue weighted by Crippen LogP contribution is 2.37. The summed E-state index contributed by atoms with van der Waals surface area (Å²) in [7, 11) is 0. The molecule has 154 valence electrons. The Morgan fingerprint density at radius 3 is 2.65 bits per heavy atom. The number of carbonyl (C=O) groups excluding carboxylic acids is 2. The number of hydrogen-bond acceptors (Lipinski definition) is 4. The van der Waals surface area contributed by atoms with Crippen LogP contribution in [0.5, 0.6) is 0 Å². The smallest absolute Gasteiger partial charge is 0.253 e. The quantitative estimate of drug-likeness (QED) is 0.513. The molecule has 1 atom stereocenters. The molecule has 3 heterocycles. The van der Waals surface area contributed by atoms with E-state index in [1.54, 1.807) is 41.6 Å². The van der Waals surface area contributed by atoms with Gasteiger partial charge in [-0.25, -0.2) is 4.98 Å². The number of rotatable bonds is 5. The van der Waals surface area contributed by atoms with Crippen LogP contribution in [-0.2, 0) is 16.1 Å². The van der Waals surface area contributed by atoms with Crippen LogP contribution < -0.4 is 10.2 Å². The summed E-state index contributed by atoms with van der Waals surface area (Å²) in [5.41, 5.74) is 3.12. The highest BCUT2D eigenvalue weighted by molar-refractivity contribution is 6.30. The van der Waals surface area contributed by atoms with E-state index in [4.69, 9.17) is 11.6 Å². The average Bonchev–Trinajstić information content (AvgIpc) is 3.27. The molecule has 0 fully saturated rings. The lowest BCUT2D eigenvalue weighted by Crippen LogP contribution is -2.31. The largest absolute Gasteiger partial charge is 0.326 e. The van der Waals surface area contributed by atoms with E-state index in [2.05, 4.69) is 15.3 Å². The van der Waals surface area contributed by atoms with Crippen molar-refractivity contribution in [1.82, 2.24) is 14.5 Å². The van der Waals surface area contributed by atoms with Gasteiger partial charge in [0.2, 0.25) is 11.9 Å². The van der Waals surface area contributed by atoms with Crippen LogP contribution in [0, 0.1) is 0 Å². The summed E-state index contributed by atoms with van der Waals surface area (Å²) in [5.74, 6) is 0.121. The van der Waals surface area contributed by atoms with Crippen LogP contribution in [0.4, 0.5) is 11.6 Å². The van der Waals surface area contributed by atoms with Crippen molar-refractivity contribution in [1.29, 1.82) is 0 Å². The Kier molecular flexibility index (Phi) is 4.88. The first-order chi connectivity index (χ1) is 15.1. The zero-order chi connectivity index (χ0) is 21.4. The molecule has 0 saturated carbocycles. The van der Waals surface area contributed by atoms with Crippen molar-refractivity contribution < 1.29 is 9.59 Å². The third-order valence-electron chi connectivity index (χ3n) is 5.25. The van der Waals surface area contributed by atoms with Crippen LogP contribution in [0.1, 0.15) is 18.0 Å². The predicted molar refractivity (Wildman–Crippen MR) is 119 cm³/mol. The average molecular weight is 432 g/mol. The van der Waals surface area contributed by atoms with Crippen molar-refractivity contribution in [2.24, 2.45) is 0 Å². The van der Waals surface area contributed by atoms with E-state index in [-0.39, 0.29) is 18.2 Å². The maximum atomic E-state index is 13.4. The van der Waals surface area contributed by atoms with Crippen molar-refractivity contribution in [3.8, 4) is 0 Å². The summed E-state index contributed by atoms with van der Waals surface area (Å²) in [6.07, 6.45) is 3.41. The van der Waals surface area contributed by atoms with Gasteiger partial charge in [-0.1, -0.05) is 29.8 Å². The van der Waals surface area contributed by atoms with Gasteiger partial charge in [0, 0.05) is 23.1 Å². The van der Waals surface area contributed by atoms with Gasteiger partial charge >= 0.3 is 0 Å². The van der Waals surface area contributed by atoms with Crippen LogP contribution in [-0.4, -0.2) is 26.3 Å². The van der Waals surface area contributed by atoms with Gasteiger partial charge in [0.1, 0.15) is 6.04 Å². The van der Waals surface area contributed by atoms with E-state index in [0.29, 0.717) is 23.2 Å². The summed E-state index contributed by atoms with van der Waals surface area (Å²) in [6, 6.07) is 17.5. The molecule has 0 spiro atoms. The van der Waals surface area contributed by atoms with Gasteiger partial charge in [-0.05, 0) is 48.0 Å². The third-order valence-corrected chi connectivity index (χ3v) is 5.50. The number of amides is 2. The SMILES string of the molecule is O=C(C[C@H]1C(=O)N(Cc2cccnc2)c2nc3ccccc3n21)Nc1ccc(Cl)cc1. The molecule has 4 aromatic rings. The molecule has 1 N–H and O–H groups in total. The summed E-state index contributed by atoms with van der Waals surface area (Å²) >= 11 is 5.91. The van der Waals surface area contributed by atoms with E-state index in [1.807, 2.05) is 41.0 Å². The van der Waals surface area contributed by atoms with Gasteiger partial charge in [0.15, 0.2) is 0 Å². The van der Waals surface area contributed by atoms with Crippen LogP contribution in [0.25, 0.3) is 11.0 Å². The maximum Gasteiger partial charge on any atom is 0.253 e. The molecular formula is C23H18ClN5O2. The first-order valence-electron chi connectivity index (χ1n) is 9.83. The molecule has 2 aromatic carbocycles. The van der Waals surface area contributed by atoms with Gasteiger partial charge in [-0.3, -0.25) is 24.0 Å². The Balaban J connectivity index is 1.46. The molecule has 0 saturated heterocycles. The topological polar surface area (TPSA) is 80.1 Å². The van der Waals surface area contributed by atoms with Gasteiger partial charge in [-0.15, -0.1) is 0 Å². The molecule has 0 bridgehead atoms. The Labute approximate surface area is 183 Å². The van der Waals surface area contributed by atoms with Crippen LogP contribution in [0.15, 0.2) is 73.1 Å². The van der Waals surface area contributed by atoms with Crippen molar-refractivity contribution in [3.63, 3.8) is 0 Å². The van der Waals surface area contributed by atoms with E-state index in [9.17, 15) is 9.59 Å². The molecule has 2 amide bonds. The first kappa shape index (κ1) is 19.3. The van der Waals surface area contributed by atoms with Gasteiger partial charge in [-0.2, -0.15) is 0 Å². The molecule has 8 heteroatoms. The second-order valence-electron chi connectivity index (χ2n) is 7.33. The highest BCUT2D eigenvalue weighted by Gasteiger charge is 2.40. The molecule has 5 rings (SSSR count). The number of imidazole rings is 1. The van der Waals surface area contributed by atoms with Crippen LogP contribution in [0.2, 0.25) is 5.02 Å². The van der Waals surface area contributed by atoms with Gasteiger partial charge in [0.05, 0.1) is 24.0 Å².